The number of carbonyl (C=O) groups is 3. The zero-order valence-electron chi connectivity index (χ0n) is 16.6. The summed E-state index contributed by atoms with van der Waals surface area (Å²) in [5.41, 5.74) is 0.972. The molecule has 0 saturated carbocycles. The van der Waals surface area contributed by atoms with Gasteiger partial charge in [0.15, 0.2) is 0 Å². The third-order valence-electron chi connectivity index (χ3n) is 3.64. The Kier molecular flexibility index (Phi) is 13.2. The maximum atomic E-state index is 11.5. The van der Waals surface area contributed by atoms with Gasteiger partial charge in [-0.2, -0.15) is 0 Å². The van der Waals surface area contributed by atoms with E-state index >= 15 is 0 Å². The van der Waals surface area contributed by atoms with Crippen LogP contribution in [0.2, 0.25) is 0 Å². The van der Waals surface area contributed by atoms with Crippen LogP contribution in [-0.4, -0.2) is 68.9 Å². The highest BCUT2D eigenvalue weighted by atomic mass is 35.5. The fraction of sp³-hybridized carbons (Fsp3) is 0.526. The van der Waals surface area contributed by atoms with E-state index in [0.717, 1.165) is 0 Å². The molecule has 0 aliphatic carbocycles. The normalized spacial score (nSPS) is 10.2. The summed E-state index contributed by atoms with van der Waals surface area (Å²) in [6.07, 6.45) is 0. The Hall–Kier alpha value is -2.12. The van der Waals surface area contributed by atoms with Crippen LogP contribution in [0.1, 0.15) is 20.8 Å². The Labute approximate surface area is 167 Å². The SMILES string of the molecule is C=C(C)C(=O)OCC[N+](C)(CCOC(=O)C(=C)C)CCOC(=O)C(=C)C.[Cl-]. The van der Waals surface area contributed by atoms with E-state index in [2.05, 4.69) is 19.7 Å². The van der Waals surface area contributed by atoms with Crippen LogP contribution in [0, 0.1) is 0 Å². The first-order valence-corrected chi connectivity index (χ1v) is 8.30. The summed E-state index contributed by atoms with van der Waals surface area (Å²) in [5, 5.41) is 0. The number of ether oxygens (including phenoxy) is 3. The van der Waals surface area contributed by atoms with Crippen LogP contribution in [0.3, 0.4) is 0 Å². The summed E-state index contributed by atoms with van der Waals surface area (Å²) in [7, 11) is 1.90. The van der Waals surface area contributed by atoms with E-state index in [4.69, 9.17) is 14.2 Å². The molecule has 0 aliphatic heterocycles. The second kappa shape index (κ2) is 13.1. The van der Waals surface area contributed by atoms with Crippen LogP contribution < -0.4 is 12.4 Å². The summed E-state index contributed by atoms with van der Waals surface area (Å²) >= 11 is 0. The van der Waals surface area contributed by atoms with Crippen LogP contribution >= 0.6 is 0 Å². The first-order chi connectivity index (χ1) is 12.0. The molecule has 0 heterocycles. The van der Waals surface area contributed by atoms with Gasteiger partial charge in [-0.25, -0.2) is 14.4 Å². The molecule has 0 rings (SSSR count). The van der Waals surface area contributed by atoms with Crippen LogP contribution in [0.25, 0.3) is 0 Å². The molecule has 0 atom stereocenters. The molecule has 0 aliphatic rings. The molecule has 0 unspecified atom stereocenters. The van der Waals surface area contributed by atoms with Crippen molar-refractivity contribution in [3.05, 3.63) is 36.5 Å². The first-order valence-electron chi connectivity index (χ1n) is 8.30. The lowest BCUT2D eigenvalue weighted by atomic mass is 10.3. The molecule has 0 radical (unpaired) electrons. The van der Waals surface area contributed by atoms with E-state index in [0.29, 0.717) is 40.8 Å². The number of esters is 3. The number of nitrogens with zero attached hydrogens (tertiary/aromatic N) is 1. The molecule has 0 aromatic heterocycles. The monoisotopic (exact) mass is 403 g/mol. The van der Waals surface area contributed by atoms with Gasteiger partial charge < -0.3 is 31.1 Å². The van der Waals surface area contributed by atoms with Gasteiger partial charge in [0.05, 0.1) is 7.05 Å². The quantitative estimate of drug-likeness (QED) is 0.176. The molecule has 154 valence electrons. The van der Waals surface area contributed by atoms with Gasteiger partial charge in [-0.3, -0.25) is 0 Å². The molecular weight excluding hydrogens is 374 g/mol. The lowest BCUT2D eigenvalue weighted by Gasteiger charge is -2.33. The van der Waals surface area contributed by atoms with Crippen molar-refractivity contribution in [2.45, 2.75) is 20.8 Å². The molecule has 0 N–H and O–H groups in total. The summed E-state index contributed by atoms with van der Waals surface area (Å²) < 4.78 is 15.8. The van der Waals surface area contributed by atoms with E-state index in [1.165, 1.54) is 0 Å². The van der Waals surface area contributed by atoms with E-state index in [1.54, 1.807) is 20.8 Å². The number of quaternary nitrogens is 1. The van der Waals surface area contributed by atoms with Gasteiger partial charge in [0.25, 0.3) is 0 Å². The molecular formula is C19H30ClNO6. The molecule has 0 fully saturated rings. The van der Waals surface area contributed by atoms with Crippen molar-refractivity contribution in [3.8, 4) is 0 Å². The minimum Gasteiger partial charge on any atom is -1.00 e. The highest BCUT2D eigenvalue weighted by Gasteiger charge is 2.24. The predicted octanol–water partition coefficient (Wildman–Crippen LogP) is -1.21. The fourth-order valence-corrected chi connectivity index (χ4v) is 1.78. The highest BCUT2D eigenvalue weighted by Crippen LogP contribution is 2.05. The van der Waals surface area contributed by atoms with E-state index in [-0.39, 0.29) is 32.2 Å². The molecule has 7 nitrogen and oxygen atoms in total. The fourth-order valence-electron chi connectivity index (χ4n) is 1.78. The van der Waals surface area contributed by atoms with Gasteiger partial charge in [0.1, 0.15) is 39.5 Å². The van der Waals surface area contributed by atoms with Gasteiger partial charge in [-0.1, -0.05) is 19.7 Å². The Balaban J connectivity index is 0. The number of likely N-dealkylation sites (N-methyl/N-ethyl adjacent to an activating group) is 1. The largest absolute Gasteiger partial charge is 1.00 e. The third kappa shape index (κ3) is 12.0. The number of hydrogen-bond acceptors (Lipinski definition) is 6. The van der Waals surface area contributed by atoms with Crippen molar-refractivity contribution in [2.24, 2.45) is 0 Å². The highest BCUT2D eigenvalue weighted by molar-refractivity contribution is 5.87. The smallest absolute Gasteiger partial charge is 0.333 e. The summed E-state index contributed by atoms with van der Waals surface area (Å²) in [4.78, 5) is 34.5. The van der Waals surface area contributed by atoms with Crippen molar-refractivity contribution < 1.29 is 45.5 Å². The molecule has 0 aromatic carbocycles. The zero-order chi connectivity index (χ0) is 20.3. The maximum absolute atomic E-state index is 11.5. The Bertz CT molecular complexity index is 506. The van der Waals surface area contributed by atoms with Crippen LogP contribution in [0.5, 0.6) is 0 Å². The maximum Gasteiger partial charge on any atom is 0.333 e. The van der Waals surface area contributed by atoms with E-state index < -0.39 is 17.9 Å². The molecule has 0 spiro atoms. The zero-order valence-corrected chi connectivity index (χ0v) is 17.4. The average molecular weight is 404 g/mol. The lowest BCUT2D eigenvalue weighted by Crippen LogP contribution is -3.00. The Morgan fingerprint density at radius 1 is 0.667 bits per heavy atom. The summed E-state index contributed by atoms with van der Waals surface area (Å²) in [5.74, 6) is -1.38. The van der Waals surface area contributed by atoms with Crippen molar-refractivity contribution in [2.75, 3.05) is 46.5 Å². The van der Waals surface area contributed by atoms with E-state index in [9.17, 15) is 14.4 Å². The van der Waals surface area contributed by atoms with Crippen molar-refractivity contribution >= 4 is 17.9 Å². The molecule has 8 heteroatoms. The van der Waals surface area contributed by atoms with Gasteiger partial charge in [-0.15, -0.1) is 0 Å². The minimum absolute atomic E-state index is 0. The second-order valence-electron chi connectivity index (χ2n) is 6.54. The van der Waals surface area contributed by atoms with Gasteiger partial charge in [-0.05, 0) is 20.8 Å². The predicted molar refractivity (Wildman–Crippen MR) is 98.1 cm³/mol. The van der Waals surface area contributed by atoms with Crippen molar-refractivity contribution in [3.63, 3.8) is 0 Å². The summed E-state index contributed by atoms with van der Waals surface area (Å²) in [6, 6.07) is 0. The van der Waals surface area contributed by atoms with Crippen LogP contribution in [0.4, 0.5) is 0 Å². The van der Waals surface area contributed by atoms with Crippen LogP contribution in [0.15, 0.2) is 36.5 Å². The molecule has 0 bridgehead atoms. The van der Waals surface area contributed by atoms with Crippen LogP contribution in [-0.2, 0) is 28.6 Å². The van der Waals surface area contributed by atoms with Crippen molar-refractivity contribution in [1.82, 2.24) is 0 Å². The van der Waals surface area contributed by atoms with E-state index in [1.807, 2.05) is 7.05 Å². The minimum atomic E-state index is -0.459. The number of rotatable bonds is 12. The average Bonchev–Trinajstić information content (AvgIpc) is 2.54. The number of carbonyl (C=O) groups excluding carboxylic acids is 3. The Morgan fingerprint density at radius 2 is 0.889 bits per heavy atom. The van der Waals surface area contributed by atoms with Crippen molar-refractivity contribution in [1.29, 1.82) is 0 Å². The second-order valence-corrected chi connectivity index (χ2v) is 6.54. The first kappa shape index (κ1) is 27.1. The van der Waals surface area contributed by atoms with Gasteiger partial charge in [0.2, 0.25) is 0 Å². The topological polar surface area (TPSA) is 78.9 Å². The Morgan fingerprint density at radius 3 is 1.07 bits per heavy atom. The molecule has 0 amide bonds. The molecule has 0 aromatic rings. The molecule has 27 heavy (non-hydrogen) atoms. The number of hydrogen-bond donors (Lipinski definition) is 0. The lowest BCUT2D eigenvalue weighted by molar-refractivity contribution is -0.910. The summed E-state index contributed by atoms with van der Waals surface area (Å²) in [6.45, 7) is 17.2. The molecule has 0 saturated heterocycles. The van der Waals surface area contributed by atoms with Gasteiger partial charge >= 0.3 is 17.9 Å². The number of halogens is 1. The third-order valence-corrected chi connectivity index (χ3v) is 3.64. The standard InChI is InChI=1S/C19H30NO6.ClH/c1-14(2)17(21)24-11-8-20(7,9-12-25-18(22)15(3)4)10-13-26-19(23)16(5)6;/h1,3,5,8-13H2,2,4,6-7H3;1H/q+1;/p-1. The van der Waals surface area contributed by atoms with Gasteiger partial charge in [0, 0.05) is 16.7 Å².